The van der Waals surface area contributed by atoms with Gasteiger partial charge in [0.05, 0.1) is 15.5 Å². The van der Waals surface area contributed by atoms with Gasteiger partial charge in [-0.1, -0.05) is 55.3 Å². The minimum Gasteiger partial charge on any atom is -0.353 e. The number of hydrogen-bond acceptors (Lipinski definition) is 4. The third-order valence-corrected chi connectivity index (χ3v) is 5.37. The van der Waals surface area contributed by atoms with E-state index in [0.29, 0.717) is 21.7 Å². The molecule has 0 bridgehead atoms. The zero-order valence-electron chi connectivity index (χ0n) is 14.4. The highest BCUT2D eigenvalue weighted by atomic mass is 35.5. The number of benzene rings is 1. The summed E-state index contributed by atoms with van der Waals surface area (Å²) in [6.07, 6.45) is 6.12. The van der Waals surface area contributed by atoms with Crippen LogP contribution in [-0.2, 0) is 9.53 Å². The fourth-order valence-electron chi connectivity index (χ4n) is 3.29. The first-order chi connectivity index (χ1) is 11.9. The number of ether oxygens (including phenoxy) is 1. The molecule has 0 radical (unpaired) electrons. The number of carbonyl (C=O) groups excluding carboxylic acids is 1. The van der Waals surface area contributed by atoms with E-state index in [1.54, 1.807) is 25.1 Å². The van der Waals surface area contributed by atoms with Crippen molar-refractivity contribution in [2.75, 3.05) is 5.32 Å². The molecule has 1 aliphatic carbocycles. The van der Waals surface area contributed by atoms with Gasteiger partial charge in [-0.15, -0.1) is 12.6 Å². The lowest BCUT2D eigenvalue weighted by Crippen LogP contribution is -2.47. The Morgan fingerprint density at radius 1 is 1.32 bits per heavy atom. The average molecular weight is 405 g/mol. The summed E-state index contributed by atoms with van der Waals surface area (Å²) in [7, 11) is 0. The number of amides is 1. The van der Waals surface area contributed by atoms with Crippen molar-refractivity contribution in [2.45, 2.75) is 63.0 Å². The van der Waals surface area contributed by atoms with Crippen LogP contribution in [0.3, 0.4) is 0 Å². The van der Waals surface area contributed by atoms with Crippen LogP contribution < -0.4 is 11.1 Å². The van der Waals surface area contributed by atoms with Gasteiger partial charge in [-0.05, 0) is 37.5 Å². The molecule has 1 aromatic carbocycles. The van der Waals surface area contributed by atoms with Crippen LogP contribution in [-0.4, -0.2) is 23.5 Å². The number of nitrogens with two attached hydrogens (primary N) is 1. The number of anilines is 1. The minimum atomic E-state index is -0.760. The summed E-state index contributed by atoms with van der Waals surface area (Å²) in [6, 6.07) is 4.56. The number of nitrogens with one attached hydrogen (secondary N) is 1. The molecule has 140 valence electrons. The molecule has 1 aliphatic rings. The molecular weight excluding hydrogens is 379 g/mol. The summed E-state index contributed by atoms with van der Waals surface area (Å²) in [5.41, 5.74) is 6.51. The zero-order chi connectivity index (χ0) is 18.4. The molecule has 2 rings (SSSR count). The van der Waals surface area contributed by atoms with Crippen LogP contribution in [0.15, 0.2) is 18.2 Å². The van der Waals surface area contributed by atoms with Crippen molar-refractivity contribution in [1.82, 2.24) is 0 Å². The van der Waals surface area contributed by atoms with Gasteiger partial charge in [0, 0.05) is 11.7 Å². The van der Waals surface area contributed by atoms with Crippen LogP contribution in [0.25, 0.3) is 0 Å². The quantitative estimate of drug-likeness (QED) is 0.447. The van der Waals surface area contributed by atoms with Gasteiger partial charge in [0.1, 0.15) is 0 Å². The standard InChI is InChI=1S/C18H26Cl2N2O2S/c1-11(25)24-17(16(21)9-12-5-3-2-4-6-12)18(23)22-13-7-8-14(19)15(20)10-13/h7-8,10-12,16-17,25H,2-6,9,21H2,1H3,(H,22,23)/t11?,16-,17?/m1/s1. The highest BCUT2D eigenvalue weighted by Gasteiger charge is 2.30. The molecule has 1 saturated carbocycles. The second-order valence-corrected chi connectivity index (χ2v) is 8.22. The normalized spacial score (nSPS) is 19.2. The summed E-state index contributed by atoms with van der Waals surface area (Å²) in [4.78, 5) is 12.7. The van der Waals surface area contributed by atoms with Crippen LogP contribution in [0.4, 0.5) is 5.69 Å². The Balaban J connectivity index is 2.03. The Bertz CT molecular complexity index is 580. The Morgan fingerprint density at radius 2 is 2.00 bits per heavy atom. The topological polar surface area (TPSA) is 64.3 Å². The number of halogens is 2. The lowest BCUT2D eigenvalue weighted by molar-refractivity contribution is -0.129. The summed E-state index contributed by atoms with van der Waals surface area (Å²) in [5.74, 6) is 0.269. The van der Waals surface area contributed by atoms with E-state index in [1.165, 1.54) is 32.1 Å². The van der Waals surface area contributed by atoms with Crippen LogP contribution in [0.5, 0.6) is 0 Å². The van der Waals surface area contributed by atoms with Gasteiger partial charge in [-0.2, -0.15) is 0 Å². The fraction of sp³-hybridized carbons (Fsp3) is 0.611. The SMILES string of the molecule is CC(S)OC(C(=O)Nc1ccc(Cl)c(Cl)c1)[C@H](N)CC1CCCCC1. The van der Waals surface area contributed by atoms with E-state index in [4.69, 9.17) is 33.7 Å². The molecule has 25 heavy (non-hydrogen) atoms. The molecule has 4 nitrogen and oxygen atoms in total. The zero-order valence-corrected chi connectivity index (χ0v) is 16.8. The van der Waals surface area contributed by atoms with E-state index >= 15 is 0 Å². The predicted molar refractivity (Wildman–Crippen MR) is 108 cm³/mol. The molecule has 1 amide bonds. The molecule has 0 aromatic heterocycles. The number of carbonyl (C=O) groups is 1. The van der Waals surface area contributed by atoms with Gasteiger partial charge in [-0.25, -0.2) is 0 Å². The van der Waals surface area contributed by atoms with Crippen molar-refractivity contribution >= 4 is 47.4 Å². The number of rotatable bonds is 7. The van der Waals surface area contributed by atoms with Gasteiger partial charge < -0.3 is 15.8 Å². The molecule has 3 N–H and O–H groups in total. The molecule has 7 heteroatoms. The Kier molecular flexibility index (Phi) is 8.36. The smallest absolute Gasteiger partial charge is 0.255 e. The van der Waals surface area contributed by atoms with E-state index in [-0.39, 0.29) is 17.4 Å². The van der Waals surface area contributed by atoms with E-state index < -0.39 is 6.10 Å². The van der Waals surface area contributed by atoms with Crippen LogP contribution in [0.2, 0.25) is 10.0 Å². The van der Waals surface area contributed by atoms with Gasteiger partial charge in [0.2, 0.25) is 0 Å². The Hall–Kier alpha value is -0.460. The number of thiol groups is 1. The summed E-state index contributed by atoms with van der Waals surface area (Å²) >= 11 is 16.2. The van der Waals surface area contributed by atoms with Crippen molar-refractivity contribution in [2.24, 2.45) is 11.7 Å². The highest BCUT2D eigenvalue weighted by molar-refractivity contribution is 7.80. The van der Waals surface area contributed by atoms with E-state index in [1.807, 2.05) is 0 Å². The van der Waals surface area contributed by atoms with Gasteiger partial charge in [0.15, 0.2) is 6.10 Å². The van der Waals surface area contributed by atoms with E-state index in [2.05, 4.69) is 17.9 Å². The monoisotopic (exact) mass is 404 g/mol. The molecule has 1 aromatic rings. The van der Waals surface area contributed by atoms with E-state index in [0.717, 1.165) is 6.42 Å². The molecule has 0 heterocycles. The molecule has 0 spiro atoms. The van der Waals surface area contributed by atoms with Crippen molar-refractivity contribution in [1.29, 1.82) is 0 Å². The van der Waals surface area contributed by atoms with Crippen molar-refractivity contribution < 1.29 is 9.53 Å². The van der Waals surface area contributed by atoms with E-state index in [9.17, 15) is 4.79 Å². The van der Waals surface area contributed by atoms with Crippen LogP contribution >= 0.6 is 35.8 Å². The summed E-state index contributed by atoms with van der Waals surface area (Å²) < 4.78 is 5.71. The summed E-state index contributed by atoms with van der Waals surface area (Å²) in [6.45, 7) is 1.77. The van der Waals surface area contributed by atoms with Gasteiger partial charge in [0.25, 0.3) is 5.91 Å². The second kappa shape index (κ2) is 10.0. The Morgan fingerprint density at radius 3 is 2.60 bits per heavy atom. The first-order valence-electron chi connectivity index (χ1n) is 8.72. The average Bonchev–Trinajstić information content (AvgIpc) is 2.56. The molecule has 1 fully saturated rings. The van der Waals surface area contributed by atoms with Crippen LogP contribution in [0, 0.1) is 5.92 Å². The number of hydrogen-bond donors (Lipinski definition) is 3. The maximum atomic E-state index is 12.7. The lowest BCUT2D eigenvalue weighted by Gasteiger charge is -2.29. The summed E-state index contributed by atoms with van der Waals surface area (Å²) in [5, 5.41) is 3.63. The Labute approximate surface area is 165 Å². The second-order valence-electron chi connectivity index (χ2n) is 6.68. The molecule has 3 atom stereocenters. The molecule has 0 saturated heterocycles. The molecular formula is C18H26Cl2N2O2S. The largest absolute Gasteiger partial charge is 0.353 e. The minimum absolute atomic E-state index is 0.289. The van der Waals surface area contributed by atoms with Gasteiger partial charge >= 0.3 is 0 Å². The first kappa shape index (κ1) is 20.8. The highest BCUT2D eigenvalue weighted by Crippen LogP contribution is 2.29. The van der Waals surface area contributed by atoms with Crippen LogP contribution in [0.1, 0.15) is 45.4 Å². The first-order valence-corrected chi connectivity index (χ1v) is 9.99. The van der Waals surface area contributed by atoms with Crippen molar-refractivity contribution in [3.63, 3.8) is 0 Å². The fourth-order valence-corrected chi connectivity index (χ4v) is 3.72. The maximum absolute atomic E-state index is 12.7. The van der Waals surface area contributed by atoms with Crippen molar-refractivity contribution in [3.8, 4) is 0 Å². The molecule has 0 aliphatic heterocycles. The molecule has 2 unspecified atom stereocenters. The van der Waals surface area contributed by atoms with Gasteiger partial charge in [-0.3, -0.25) is 4.79 Å². The van der Waals surface area contributed by atoms with Crippen molar-refractivity contribution in [3.05, 3.63) is 28.2 Å². The third-order valence-electron chi connectivity index (χ3n) is 4.51. The predicted octanol–water partition coefficient (Wildman–Crippen LogP) is 4.89. The third kappa shape index (κ3) is 6.65. The lowest BCUT2D eigenvalue weighted by atomic mass is 9.84. The maximum Gasteiger partial charge on any atom is 0.255 e.